The number of imidazole rings is 1. The van der Waals surface area contributed by atoms with Gasteiger partial charge in [-0.1, -0.05) is 12.1 Å². The van der Waals surface area contributed by atoms with E-state index in [0.717, 1.165) is 29.0 Å². The Morgan fingerprint density at radius 2 is 1.81 bits per heavy atom. The summed E-state index contributed by atoms with van der Waals surface area (Å²) in [6, 6.07) is 9.85. The van der Waals surface area contributed by atoms with Crippen molar-refractivity contribution in [2.45, 2.75) is 13.1 Å². The monoisotopic (exact) mass is 289 g/mol. The molecule has 0 aliphatic heterocycles. The minimum Gasteiger partial charge on any atom is -0.503 e. The topological polar surface area (TPSA) is 60.9 Å². The maximum absolute atomic E-state index is 13.2. The normalized spacial score (nSPS) is 11.1. The van der Waals surface area contributed by atoms with Gasteiger partial charge in [0.15, 0.2) is 17.4 Å². The Morgan fingerprint density at radius 1 is 1.10 bits per heavy atom. The summed E-state index contributed by atoms with van der Waals surface area (Å²) < 4.78 is 26.4. The second-order valence-corrected chi connectivity index (χ2v) is 4.71. The molecule has 0 fully saturated rings. The molecular formula is C15H13F2N3O. The number of hydrogen-bond acceptors (Lipinski definition) is 3. The first-order valence-electron chi connectivity index (χ1n) is 6.45. The van der Waals surface area contributed by atoms with Crippen LogP contribution in [0.15, 0.2) is 36.4 Å². The third-order valence-electron chi connectivity index (χ3n) is 3.14. The molecule has 3 rings (SSSR count). The van der Waals surface area contributed by atoms with Gasteiger partial charge in [-0.05, 0) is 29.8 Å². The van der Waals surface area contributed by atoms with E-state index in [1.807, 2.05) is 24.3 Å². The van der Waals surface area contributed by atoms with Crippen LogP contribution in [0.25, 0.3) is 11.0 Å². The average Bonchev–Trinajstić information content (AvgIpc) is 2.87. The van der Waals surface area contributed by atoms with Crippen LogP contribution in [-0.2, 0) is 13.1 Å². The van der Waals surface area contributed by atoms with Gasteiger partial charge in [0.05, 0.1) is 17.6 Å². The molecule has 0 atom stereocenters. The van der Waals surface area contributed by atoms with E-state index >= 15 is 0 Å². The molecule has 3 N–H and O–H groups in total. The Labute approximate surface area is 119 Å². The van der Waals surface area contributed by atoms with Crippen molar-refractivity contribution >= 4 is 11.0 Å². The molecule has 0 bridgehead atoms. The first-order chi connectivity index (χ1) is 10.1. The molecular weight excluding hydrogens is 276 g/mol. The number of H-pyrrole nitrogens is 1. The molecule has 6 heteroatoms. The van der Waals surface area contributed by atoms with Gasteiger partial charge in [-0.3, -0.25) is 0 Å². The number of nitrogens with one attached hydrogen (secondary N) is 2. The van der Waals surface area contributed by atoms with Gasteiger partial charge in [0.25, 0.3) is 0 Å². The number of aromatic nitrogens is 2. The fourth-order valence-electron chi connectivity index (χ4n) is 2.13. The van der Waals surface area contributed by atoms with Crippen LogP contribution in [0.5, 0.6) is 5.75 Å². The lowest BCUT2D eigenvalue weighted by molar-refractivity contribution is 0.395. The van der Waals surface area contributed by atoms with Crippen molar-refractivity contribution in [2.24, 2.45) is 0 Å². The molecule has 0 amide bonds. The lowest BCUT2D eigenvalue weighted by atomic mass is 10.2. The number of para-hydroxylation sites is 2. The molecule has 0 unspecified atom stereocenters. The molecule has 0 aliphatic carbocycles. The van der Waals surface area contributed by atoms with Crippen molar-refractivity contribution in [3.8, 4) is 5.75 Å². The average molecular weight is 289 g/mol. The fraction of sp³-hybridized carbons (Fsp3) is 0.133. The molecule has 0 saturated carbocycles. The summed E-state index contributed by atoms with van der Waals surface area (Å²) in [4.78, 5) is 7.54. The number of fused-ring (bicyclic) bond motifs is 1. The predicted molar refractivity (Wildman–Crippen MR) is 74.7 cm³/mol. The zero-order chi connectivity index (χ0) is 14.8. The Morgan fingerprint density at radius 3 is 2.52 bits per heavy atom. The quantitative estimate of drug-likeness (QED) is 0.692. The maximum atomic E-state index is 13.2. The van der Waals surface area contributed by atoms with Gasteiger partial charge < -0.3 is 15.4 Å². The number of phenolic OH excluding ortho intramolecular Hbond substituents is 1. The third-order valence-corrected chi connectivity index (χ3v) is 3.14. The molecule has 0 radical (unpaired) electrons. The van der Waals surface area contributed by atoms with E-state index in [4.69, 9.17) is 5.11 Å². The maximum Gasteiger partial charge on any atom is 0.187 e. The van der Waals surface area contributed by atoms with Crippen LogP contribution in [0, 0.1) is 11.6 Å². The molecule has 1 heterocycles. The van der Waals surface area contributed by atoms with Gasteiger partial charge >= 0.3 is 0 Å². The van der Waals surface area contributed by atoms with E-state index in [-0.39, 0.29) is 6.54 Å². The standard InChI is InChI=1S/C15H13F2N3O/c16-10-5-9(6-11(17)15(10)21)7-18-8-14-19-12-3-1-2-4-13(12)20-14/h1-6,18,21H,7-8H2,(H,19,20). The fourth-order valence-corrected chi connectivity index (χ4v) is 2.13. The highest BCUT2D eigenvalue weighted by atomic mass is 19.1. The minimum absolute atomic E-state index is 0.269. The SMILES string of the molecule is Oc1c(F)cc(CNCc2nc3ccccc3[nH]2)cc1F. The molecule has 0 aliphatic rings. The summed E-state index contributed by atoms with van der Waals surface area (Å²) in [6.45, 7) is 0.712. The number of aromatic hydroxyl groups is 1. The molecule has 108 valence electrons. The van der Waals surface area contributed by atoms with Crippen LogP contribution in [0.2, 0.25) is 0 Å². The Hall–Kier alpha value is -2.47. The predicted octanol–water partition coefficient (Wildman–Crippen LogP) is 2.84. The summed E-state index contributed by atoms with van der Waals surface area (Å²) in [5.74, 6) is -2.13. The lowest BCUT2D eigenvalue weighted by Gasteiger charge is -2.05. The number of phenols is 1. The highest BCUT2D eigenvalue weighted by Crippen LogP contribution is 2.21. The smallest absolute Gasteiger partial charge is 0.187 e. The molecule has 2 aromatic carbocycles. The van der Waals surface area contributed by atoms with Crippen molar-refractivity contribution in [3.63, 3.8) is 0 Å². The zero-order valence-electron chi connectivity index (χ0n) is 11.0. The summed E-state index contributed by atoms with van der Waals surface area (Å²) in [6.07, 6.45) is 0. The van der Waals surface area contributed by atoms with E-state index in [0.29, 0.717) is 12.1 Å². The number of aromatic amines is 1. The Bertz CT molecular complexity index is 729. The van der Waals surface area contributed by atoms with Gasteiger partial charge in [-0.15, -0.1) is 0 Å². The largest absolute Gasteiger partial charge is 0.503 e. The van der Waals surface area contributed by atoms with Crippen LogP contribution in [0.4, 0.5) is 8.78 Å². The number of hydrogen-bond donors (Lipinski definition) is 3. The van der Waals surface area contributed by atoms with Crippen molar-refractivity contribution in [2.75, 3.05) is 0 Å². The highest BCUT2D eigenvalue weighted by molar-refractivity contribution is 5.74. The van der Waals surface area contributed by atoms with Crippen molar-refractivity contribution in [3.05, 3.63) is 59.4 Å². The highest BCUT2D eigenvalue weighted by Gasteiger charge is 2.09. The van der Waals surface area contributed by atoms with Crippen LogP contribution >= 0.6 is 0 Å². The van der Waals surface area contributed by atoms with E-state index in [1.54, 1.807) is 0 Å². The molecule has 21 heavy (non-hydrogen) atoms. The summed E-state index contributed by atoms with van der Waals surface area (Å²) in [5, 5.41) is 12.1. The van der Waals surface area contributed by atoms with Gasteiger partial charge in [0.1, 0.15) is 5.82 Å². The lowest BCUT2D eigenvalue weighted by Crippen LogP contribution is -2.14. The molecule has 3 aromatic rings. The van der Waals surface area contributed by atoms with Gasteiger partial charge in [0, 0.05) is 6.54 Å². The minimum atomic E-state index is -0.962. The molecule has 4 nitrogen and oxygen atoms in total. The first kappa shape index (κ1) is 13.5. The van der Waals surface area contributed by atoms with Gasteiger partial charge in [-0.2, -0.15) is 0 Å². The van der Waals surface area contributed by atoms with Crippen LogP contribution in [0.1, 0.15) is 11.4 Å². The van der Waals surface area contributed by atoms with Gasteiger partial charge in [0.2, 0.25) is 0 Å². The summed E-state index contributed by atoms with van der Waals surface area (Å²) >= 11 is 0. The number of rotatable bonds is 4. The first-order valence-corrected chi connectivity index (χ1v) is 6.45. The van der Waals surface area contributed by atoms with Crippen LogP contribution in [0.3, 0.4) is 0 Å². The second-order valence-electron chi connectivity index (χ2n) is 4.71. The molecule has 0 spiro atoms. The van der Waals surface area contributed by atoms with E-state index < -0.39 is 17.4 Å². The van der Waals surface area contributed by atoms with Crippen molar-refractivity contribution in [1.29, 1.82) is 0 Å². The van der Waals surface area contributed by atoms with E-state index in [2.05, 4.69) is 15.3 Å². The van der Waals surface area contributed by atoms with Crippen LogP contribution in [-0.4, -0.2) is 15.1 Å². The number of halogens is 2. The molecule has 1 aromatic heterocycles. The molecule has 0 saturated heterocycles. The summed E-state index contributed by atoms with van der Waals surface area (Å²) in [5.41, 5.74) is 2.23. The van der Waals surface area contributed by atoms with Crippen LogP contribution < -0.4 is 5.32 Å². The van der Waals surface area contributed by atoms with Crippen molar-refractivity contribution < 1.29 is 13.9 Å². The Kier molecular flexibility index (Phi) is 3.53. The zero-order valence-corrected chi connectivity index (χ0v) is 11.0. The summed E-state index contributed by atoms with van der Waals surface area (Å²) in [7, 11) is 0. The van der Waals surface area contributed by atoms with E-state index in [9.17, 15) is 8.78 Å². The number of benzene rings is 2. The Balaban J connectivity index is 1.66. The second kappa shape index (κ2) is 5.49. The van der Waals surface area contributed by atoms with E-state index in [1.165, 1.54) is 0 Å². The van der Waals surface area contributed by atoms with Crippen molar-refractivity contribution in [1.82, 2.24) is 15.3 Å². The van der Waals surface area contributed by atoms with Gasteiger partial charge in [-0.25, -0.2) is 13.8 Å². The number of nitrogens with zero attached hydrogens (tertiary/aromatic N) is 1. The third kappa shape index (κ3) is 2.85.